The van der Waals surface area contributed by atoms with Crippen LogP contribution in [0.1, 0.15) is 18.4 Å². The zero-order valence-corrected chi connectivity index (χ0v) is 8.94. The van der Waals surface area contributed by atoms with E-state index in [2.05, 4.69) is 43.2 Å². The molecular formula is C12H16S. The molecule has 1 aromatic carbocycles. The van der Waals surface area contributed by atoms with Crippen LogP contribution in [0, 0.1) is 0 Å². The van der Waals surface area contributed by atoms with Gasteiger partial charge in [0.2, 0.25) is 0 Å². The quantitative estimate of drug-likeness (QED) is 0.682. The van der Waals surface area contributed by atoms with Gasteiger partial charge in [-0.05, 0) is 36.0 Å². The summed E-state index contributed by atoms with van der Waals surface area (Å²) in [7, 11) is 0. The fourth-order valence-electron chi connectivity index (χ4n) is 1.24. The molecule has 0 aliphatic rings. The maximum absolute atomic E-state index is 3.97. The molecule has 1 rings (SSSR count). The molecule has 0 N–H and O–H groups in total. The summed E-state index contributed by atoms with van der Waals surface area (Å²) in [4.78, 5) is 1.29. The first kappa shape index (κ1) is 10.4. The lowest BCUT2D eigenvalue weighted by molar-refractivity contribution is 0.838. The van der Waals surface area contributed by atoms with Crippen molar-refractivity contribution < 1.29 is 0 Å². The molecule has 0 saturated heterocycles. The van der Waals surface area contributed by atoms with Gasteiger partial charge in [0.25, 0.3) is 0 Å². The van der Waals surface area contributed by atoms with Gasteiger partial charge in [0, 0.05) is 0 Å². The van der Waals surface area contributed by atoms with E-state index in [1.54, 1.807) is 11.8 Å². The summed E-state index contributed by atoms with van der Waals surface area (Å²) in [5.41, 5.74) is 1.43. The third kappa shape index (κ3) is 4.18. The second-order valence-corrected chi connectivity index (χ2v) is 4.07. The highest BCUT2D eigenvalue weighted by atomic mass is 32.2. The number of allylic oxidation sites excluding steroid dienone is 1. The number of rotatable bonds is 5. The van der Waals surface area contributed by atoms with Crippen molar-refractivity contribution in [1.82, 2.24) is 0 Å². The molecule has 0 fully saturated rings. The molecule has 0 spiro atoms. The van der Waals surface area contributed by atoms with Crippen LogP contribution in [0.15, 0.2) is 41.8 Å². The molecule has 70 valence electrons. The Bertz CT molecular complexity index is 251. The Labute approximate surface area is 85.1 Å². The first-order valence-electron chi connectivity index (χ1n) is 4.58. The first-order valence-corrected chi connectivity index (χ1v) is 5.81. The highest BCUT2D eigenvalue weighted by Crippen LogP contribution is 2.16. The van der Waals surface area contributed by atoms with E-state index >= 15 is 0 Å². The van der Waals surface area contributed by atoms with Crippen LogP contribution in [0.25, 0.3) is 0 Å². The minimum Gasteiger partial charge on any atom is -0.135 e. The Hall–Kier alpha value is -0.690. The van der Waals surface area contributed by atoms with E-state index in [0.29, 0.717) is 0 Å². The molecule has 0 nitrogen and oxygen atoms in total. The van der Waals surface area contributed by atoms with Crippen LogP contribution in [0.5, 0.6) is 0 Å². The lowest BCUT2D eigenvalue weighted by atomic mass is 10.1. The van der Waals surface area contributed by atoms with E-state index in [1.807, 2.05) is 0 Å². The predicted molar refractivity (Wildman–Crippen MR) is 62.0 cm³/mol. The summed E-state index contributed by atoms with van der Waals surface area (Å²) in [6.45, 7) is 3.97. The highest BCUT2D eigenvalue weighted by Gasteiger charge is 1.94. The highest BCUT2D eigenvalue weighted by molar-refractivity contribution is 8.02. The minimum atomic E-state index is 1.13. The van der Waals surface area contributed by atoms with Gasteiger partial charge in [0.05, 0.1) is 0 Å². The molecule has 0 amide bonds. The van der Waals surface area contributed by atoms with E-state index in [4.69, 9.17) is 0 Å². The van der Waals surface area contributed by atoms with Crippen molar-refractivity contribution in [3.8, 4) is 0 Å². The second-order valence-electron chi connectivity index (χ2n) is 3.08. The van der Waals surface area contributed by atoms with Crippen molar-refractivity contribution in [2.45, 2.75) is 19.3 Å². The van der Waals surface area contributed by atoms with Gasteiger partial charge in [0.15, 0.2) is 0 Å². The summed E-state index contributed by atoms with van der Waals surface area (Å²) in [5, 5.41) is 0. The summed E-state index contributed by atoms with van der Waals surface area (Å²) in [6, 6.07) is 10.6. The third-order valence-corrected chi connectivity index (χ3v) is 2.83. The maximum Gasteiger partial charge on any atom is -0.0140 e. The molecule has 0 aliphatic heterocycles. The van der Waals surface area contributed by atoms with E-state index in [1.165, 1.54) is 23.3 Å². The van der Waals surface area contributed by atoms with Crippen molar-refractivity contribution in [3.05, 3.63) is 47.4 Å². The van der Waals surface area contributed by atoms with E-state index in [-0.39, 0.29) is 0 Å². The van der Waals surface area contributed by atoms with Gasteiger partial charge < -0.3 is 0 Å². The Morgan fingerprint density at radius 1 is 1.31 bits per heavy atom. The zero-order chi connectivity index (χ0) is 9.52. The number of benzene rings is 1. The van der Waals surface area contributed by atoms with Gasteiger partial charge in [-0.2, -0.15) is 0 Å². The van der Waals surface area contributed by atoms with Crippen molar-refractivity contribution in [3.63, 3.8) is 0 Å². The topological polar surface area (TPSA) is 0 Å². The van der Waals surface area contributed by atoms with Crippen LogP contribution in [-0.2, 0) is 6.42 Å². The van der Waals surface area contributed by atoms with Crippen LogP contribution in [0.4, 0.5) is 0 Å². The van der Waals surface area contributed by atoms with Gasteiger partial charge >= 0.3 is 0 Å². The van der Waals surface area contributed by atoms with Crippen LogP contribution in [-0.4, -0.2) is 6.26 Å². The molecular weight excluding hydrogens is 176 g/mol. The molecule has 0 saturated carbocycles. The lowest BCUT2D eigenvalue weighted by Crippen LogP contribution is -1.84. The minimum absolute atomic E-state index is 1.13. The Balaban J connectivity index is 2.24. The fraction of sp³-hybridized carbons (Fsp3) is 0.333. The molecule has 0 aromatic heterocycles. The first-order chi connectivity index (χ1) is 6.33. The summed E-state index contributed by atoms with van der Waals surface area (Å²) in [5.74, 6) is 0. The average Bonchev–Trinajstić information content (AvgIpc) is 2.19. The fourth-order valence-corrected chi connectivity index (χ4v) is 1.58. The van der Waals surface area contributed by atoms with E-state index < -0.39 is 0 Å². The summed E-state index contributed by atoms with van der Waals surface area (Å²) in [6.07, 6.45) is 5.60. The van der Waals surface area contributed by atoms with Crippen molar-refractivity contribution in [2.75, 3.05) is 6.26 Å². The number of hydrogen-bond donors (Lipinski definition) is 0. The van der Waals surface area contributed by atoms with Crippen LogP contribution < -0.4 is 0 Å². The van der Waals surface area contributed by atoms with Crippen molar-refractivity contribution >= 4 is 11.8 Å². The lowest BCUT2D eigenvalue weighted by Gasteiger charge is -2.02. The van der Waals surface area contributed by atoms with E-state index in [9.17, 15) is 0 Å². The standard InChI is InChI=1S/C12H16S/c1-11(13-2)7-6-10-12-8-4-3-5-9-12/h3-5,8-9H,1,6-7,10H2,2H3. The van der Waals surface area contributed by atoms with Crippen LogP contribution in [0.2, 0.25) is 0 Å². The SMILES string of the molecule is C=C(CCCc1ccccc1)SC. The van der Waals surface area contributed by atoms with Gasteiger partial charge in [-0.1, -0.05) is 36.9 Å². The normalized spacial score (nSPS) is 9.92. The van der Waals surface area contributed by atoms with Crippen molar-refractivity contribution in [2.24, 2.45) is 0 Å². The molecule has 1 heteroatoms. The Morgan fingerprint density at radius 2 is 2.00 bits per heavy atom. The third-order valence-electron chi connectivity index (χ3n) is 2.05. The average molecular weight is 192 g/mol. The maximum atomic E-state index is 3.97. The van der Waals surface area contributed by atoms with Crippen LogP contribution >= 0.6 is 11.8 Å². The van der Waals surface area contributed by atoms with Crippen LogP contribution in [0.3, 0.4) is 0 Å². The zero-order valence-electron chi connectivity index (χ0n) is 8.12. The molecule has 0 radical (unpaired) electrons. The molecule has 13 heavy (non-hydrogen) atoms. The summed E-state index contributed by atoms with van der Waals surface area (Å²) < 4.78 is 0. The van der Waals surface area contributed by atoms with Gasteiger partial charge in [0.1, 0.15) is 0 Å². The Morgan fingerprint density at radius 3 is 2.62 bits per heavy atom. The van der Waals surface area contributed by atoms with Gasteiger partial charge in [-0.25, -0.2) is 0 Å². The molecule has 0 heterocycles. The van der Waals surface area contributed by atoms with Crippen molar-refractivity contribution in [1.29, 1.82) is 0 Å². The van der Waals surface area contributed by atoms with E-state index in [0.717, 1.165) is 6.42 Å². The molecule has 0 bridgehead atoms. The molecule has 0 atom stereocenters. The summed E-state index contributed by atoms with van der Waals surface area (Å²) >= 11 is 1.77. The molecule has 0 unspecified atom stereocenters. The number of aryl methyl sites for hydroxylation is 1. The smallest absolute Gasteiger partial charge is 0.0140 e. The van der Waals surface area contributed by atoms with Gasteiger partial charge in [-0.3, -0.25) is 0 Å². The largest absolute Gasteiger partial charge is 0.135 e. The predicted octanol–water partition coefficient (Wildman–Crippen LogP) is 3.89. The number of thioether (sulfide) groups is 1. The second kappa shape index (κ2) is 5.87. The monoisotopic (exact) mass is 192 g/mol. The molecule has 0 aliphatic carbocycles. The number of hydrogen-bond acceptors (Lipinski definition) is 1. The Kier molecular flexibility index (Phi) is 4.69. The molecule has 1 aromatic rings. The van der Waals surface area contributed by atoms with Gasteiger partial charge in [-0.15, -0.1) is 11.8 Å².